The van der Waals surface area contributed by atoms with Crippen molar-refractivity contribution in [2.24, 2.45) is 5.92 Å². The highest BCUT2D eigenvalue weighted by atomic mass is 32.2. The molecule has 0 aromatic heterocycles. The van der Waals surface area contributed by atoms with Crippen LogP contribution in [-0.2, 0) is 0 Å². The number of aromatic hydroxyl groups is 1. The van der Waals surface area contributed by atoms with Crippen molar-refractivity contribution in [2.75, 3.05) is 18.6 Å². The Bertz CT molecular complexity index is 336. The van der Waals surface area contributed by atoms with E-state index in [1.165, 1.54) is 24.3 Å². The van der Waals surface area contributed by atoms with Gasteiger partial charge in [-0.05, 0) is 43.4 Å². The first-order chi connectivity index (χ1) is 7.83. The summed E-state index contributed by atoms with van der Waals surface area (Å²) < 4.78 is 0. The van der Waals surface area contributed by atoms with Gasteiger partial charge in [-0.1, -0.05) is 18.2 Å². The van der Waals surface area contributed by atoms with Crippen molar-refractivity contribution >= 4 is 11.8 Å². The number of benzene rings is 1. The van der Waals surface area contributed by atoms with E-state index in [2.05, 4.69) is 5.32 Å². The Kier molecular flexibility index (Phi) is 4.13. The molecule has 0 saturated carbocycles. The standard InChI is InChI=1S/C13H19NOS/c1-14-13(10-6-8-16-9-7-10)11-4-2-3-5-12(11)15/h2-5,10,13-15H,6-9H2,1H3. The van der Waals surface area contributed by atoms with Gasteiger partial charge in [0.25, 0.3) is 0 Å². The van der Waals surface area contributed by atoms with Gasteiger partial charge in [-0.25, -0.2) is 0 Å². The Balaban J connectivity index is 2.18. The third-order valence-corrected chi connectivity index (χ3v) is 4.37. The molecule has 3 heteroatoms. The molecule has 1 aliphatic rings. The van der Waals surface area contributed by atoms with Gasteiger partial charge in [0.15, 0.2) is 0 Å². The molecule has 1 saturated heterocycles. The minimum Gasteiger partial charge on any atom is -0.508 e. The van der Waals surface area contributed by atoms with Crippen molar-refractivity contribution in [1.82, 2.24) is 5.32 Å². The molecule has 0 amide bonds. The molecular weight excluding hydrogens is 218 g/mol. The lowest BCUT2D eigenvalue weighted by Gasteiger charge is -2.30. The summed E-state index contributed by atoms with van der Waals surface area (Å²) in [6, 6.07) is 7.97. The quantitative estimate of drug-likeness (QED) is 0.848. The minimum atomic E-state index is 0.294. The van der Waals surface area contributed by atoms with E-state index in [-0.39, 0.29) is 0 Å². The summed E-state index contributed by atoms with van der Waals surface area (Å²) in [7, 11) is 1.98. The van der Waals surface area contributed by atoms with Crippen LogP contribution < -0.4 is 5.32 Å². The molecule has 1 aromatic carbocycles. The van der Waals surface area contributed by atoms with Crippen LogP contribution in [0.3, 0.4) is 0 Å². The highest BCUT2D eigenvalue weighted by molar-refractivity contribution is 7.99. The maximum atomic E-state index is 9.90. The summed E-state index contributed by atoms with van der Waals surface area (Å²) >= 11 is 2.04. The molecule has 0 aliphatic carbocycles. The molecule has 1 heterocycles. The molecule has 0 radical (unpaired) electrons. The van der Waals surface area contributed by atoms with Crippen LogP contribution in [0.1, 0.15) is 24.4 Å². The van der Waals surface area contributed by atoms with Crippen LogP contribution in [-0.4, -0.2) is 23.7 Å². The summed E-state index contributed by atoms with van der Waals surface area (Å²) in [5, 5.41) is 13.3. The first-order valence-corrected chi connectivity index (χ1v) is 7.01. The molecule has 0 bridgehead atoms. The second-order valence-corrected chi connectivity index (χ2v) is 5.50. The van der Waals surface area contributed by atoms with E-state index in [4.69, 9.17) is 0 Å². The first kappa shape index (κ1) is 11.8. The summed E-state index contributed by atoms with van der Waals surface area (Å²) in [5.41, 5.74) is 1.04. The summed E-state index contributed by atoms with van der Waals surface area (Å²) in [6.45, 7) is 0. The Morgan fingerprint density at radius 1 is 1.31 bits per heavy atom. The zero-order chi connectivity index (χ0) is 11.4. The predicted molar refractivity (Wildman–Crippen MR) is 70.0 cm³/mol. The lowest BCUT2D eigenvalue weighted by molar-refractivity contribution is 0.345. The third-order valence-electron chi connectivity index (χ3n) is 3.32. The second-order valence-electron chi connectivity index (χ2n) is 4.27. The molecule has 88 valence electrons. The Morgan fingerprint density at radius 3 is 2.62 bits per heavy atom. The van der Waals surface area contributed by atoms with Crippen molar-refractivity contribution in [3.05, 3.63) is 29.8 Å². The SMILES string of the molecule is CNC(c1ccccc1O)C1CCSCC1. The number of hydrogen-bond acceptors (Lipinski definition) is 3. The van der Waals surface area contributed by atoms with Crippen LogP contribution in [0.5, 0.6) is 5.75 Å². The van der Waals surface area contributed by atoms with E-state index >= 15 is 0 Å². The molecule has 1 fully saturated rings. The maximum absolute atomic E-state index is 9.90. The Hall–Kier alpha value is -0.670. The van der Waals surface area contributed by atoms with Gasteiger partial charge < -0.3 is 10.4 Å². The van der Waals surface area contributed by atoms with Gasteiger partial charge in [0, 0.05) is 11.6 Å². The lowest BCUT2D eigenvalue weighted by Crippen LogP contribution is -2.28. The maximum Gasteiger partial charge on any atom is 0.120 e. The fraction of sp³-hybridized carbons (Fsp3) is 0.538. The Morgan fingerprint density at radius 2 is 2.00 bits per heavy atom. The average molecular weight is 237 g/mol. The average Bonchev–Trinajstić information content (AvgIpc) is 2.34. The van der Waals surface area contributed by atoms with Crippen molar-refractivity contribution < 1.29 is 5.11 Å². The van der Waals surface area contributed by atoms with E-state index in [0.29, 0.717) is 17.7 Å². The fourth-order valence-electron chi connectivity index (χ4n) is 2.44. The van der Waals surface area contributed by atoms with E-state index in [0.717, 1.165) is 5.56 Å². The van der Waals surface area contributed by atoms with Crippen LogP contribution >= 0.6 is 11.8 Å². The zero-order valence-corrected chi connectivity index (χ0v) is 10.5. The smallest absolute Gasteiger partial charge is 0.120 e. The molecule has 1 aromatic rings. The monoisotopic (exact) mass is 237 g/mol. The minimum absolute atomic E-state index is 0.294. The van der Waals surface area contributed by atoms with Gasteiger partial charge in [0.05, 0.1) is 0 Å². The molecular formula is C13H19NOS. The fourth-order valence-corrected chi connectivity index (χ4v) is 3.59. The predicted octanol–water partition coefficient (Wildman–Crippen LogP) is 2.80. The molecule has 1 aliphatic heterocycles. The summed E-state index contributed by atoms with van der Waals surface area (Å²) in [5.74, 6) is 3.56. The molecule has 0 spiro atoms. The number of rotatable bonds is 3. The van der Waals surface area contributed by atoms with Gasteiger partial charge in [-0.15, -0.1) is 0 Å². The van der Waals surface area contributed by atoms with Crippen molar-refractivity contribution in [1.29, 1.82) is 0 Å². The summed E-state index contributed by atoms with van der Waals surface area (Å²) in [4.78, 5) is 0. The van der Waals surface area contributed by atoms with Crippen molar-refractivity contribution in [3.8, 4) is 5.75 Å². The van der Waals surface area contributed by atoms with Gasteiger partial charge in [0.1, 0.15) is 5.75 Å². The van der Waals surface area contributed by atoms with Crippen LogP contribution in [0.15, 0.2) is 24.3 Å². The molecule has 2 rings (SSSR count). The van der Waals surface area contributed by atoms with E-state index in [1.54, 1.807) is 6.07 Å². The first-order valence-electron chi connectivity index (χ1n) is 5.86. The third kappa shape index (κ3) is 2.53. The van der Waals surface area contributed by atoms with Crippen molar-refractivity contribution in [2.45, 2.75) is 18.9 Å². The highest BCUT2D eigenvalue weighted by Crippen LogP contribution is 2.36. The topological polar surface area (TPSA) is 32.3 Å². The van der Waals surface area contributed by atoms with Gasteiger partial charge in [0.2, 0.25) is 0 Å². The largest absolute Gasteiger partial charge is 0.508 e. The molecule has 1 unspecified atom stereocenters. The highest BCUT2D eigenvalue weighted by Gasteiger charge is 2.25. The number of hydrogen-bond donors (Lipinski definition) is 2. The van der Waals surface area contributed by atoms with E-state index in [1.807, 2.05) is 37.0 Å². The number of phenols is 1. The molecule has 2 nitrogen and oxygen atoms in total. The van der Waals surface area contributed by atoms with Crippen molar-refractivity contribution in [3.63, 3.8) is 0 Å². The van der Waals surface area contributed by atoms with Crippen LogP contribution in [0, 0.1) is 5.92 Å². The normalized spacial score (nSPS) is 19.6. The van der Waals surface area contributed by atoms with Gasteiger partial charge in [-0.3, -0.25) is 0 Å². The van der Waals surface area contributed by atoms with Crippen LogP contribution in [0.2, 0.25) is 0 Å². The second kappa shape index (κ2) is 5.60. The van der Waals surface area contributed by atoms with E-state index in [9.17, 15) is 5.11 Å². The molecule has 2 N–H and O–H groups in total. The lowest BCUT2D eigenvalue weighted by atomic mass is 9.88. The molecule has 16 heavy (non-hydrogen) atoms. The van der Waals surface area contributed by atoms with Gasteiger partial charge in [-0.2, -0.15) is 11.8 Å². The molecule has 1 atom stereocenters. The van der Waals surface area contributed by atoms with E-state index < -0.39 is 0 Å². The van der Waals surface area contributed by atoms with Gasteiger partial charge >= 0.3 is 0 Å². The van der Waals surface area contributed by atoms with Crippen LogP contribution in [0.25, 0.3) is 0 Å². The van der Waals surface area contributed by atoms with Crippen LogP contribution in [0.4, 0.5) is 0 Å². The number of para-hydroxylation sites is 1. The number of phenolic OH excluding ortho intramolecular Hbond substituents is 1. The zero-order valence-electron chi connectivity index (χ0n) is 9.65. The number of nitrogens with one attached hydrogen (secondary N) is 1. The summed E-state index contributed by atoms with van der Waals surface area (Å²) in [6.07, 6.45) is 2.48. The Labute approximate surface area is 101 Å². The number of thioether (sulfide) groups is 1.